The maximum atomic E-state index is 4.71. The van der Waals surface area contributed by atoms with Crippen molar-refractivity contribution < 1.29 is 0 Å². The first-order valence-electron chi connectivity index (χ1n) is 11.8. The molecule has 0 radical (unpaired) electrons. The number of aromatic nitrogens is 3. The predicted molar refractivity (Wildman–Crippen MR) is 149 cm³/mol. The van der Waals surface area contributed by atoms with Crippen LogP contribution in [0.1, 0.15) is 10.4 Å². The quantitative estimate of drug-likeness (QED) is 0.296. The van der Waals surface area contributed by atoms with E-state index in [-0.39, 0.29) is 0 Å². The van der Waals surface area contributed by atoms with Crippen molar-refractivity contribution in [2.45, 2.75) is 6.92 Å². The van der Waals surface area contributed by atoms with Gasteiger partial charge in [0, 0.05) is 44.4 Å². The van der Waals surface area contributed by atoms with Crippen LogP contribution < -0.4 is 0 Å². The lowest BCUT2D eigenvalue weighted by Crippen LogP contribution is -2.15. The Morgan fingerprint density at radius 1 is 1.00 bits per heavy atom. The van der Waals surface area contributed by atoms with Crippen molar-refractivity contribution >= 4 is 44.9 Å². The highest BCUT2D eigenvalue weighted by atomic mass is 32.1. The van der Waals surface area contributed by atoms with Crippen LogP contribution in [0.4, 0.5) is 0 Å². The lowest BCUT2D eigenvalue weighted by atomic mass is 10.00. The molecule has 0 bridgehead atoms. The molecule has 0 aliphatic carbocycles. The summed E-state index contributed by atoms with van der Waals surface area (Å²) in [6, 6.07) is 19.6. The van der Waals surface area contributed by atoms with E-state index >= 15 is 0 Å². The smallest absolute Gasteiger partial charge is 0.116 e. The van der Waals surface area contributed by atoms with Gasteiger partial charge in [0.05, 0.1) is 17.8 Å². The zero-order valence-corrected chi connectivity index (χ0v) is 20.9. The molecule has 0 fully saturated rings. The number of hydrogen-bond acceptors (Lipinski definition) is 4. The third-order valence-corrected chi connectivity index (χ3v) is 7.37. The van der Waals surface area contributed by atoms with Gasteiger partial charge in [0.1, 0.15) is 5.69 Å². The van der Waals surface area contributed by atoms with E-state index in [0.717, 1.165) is 34.4 Å². The average molecular weight is 478 g/mol. The maximum absolute atomic E-state index is 4.71. The number of aryl methyl sites for hydroxylation is 1. The van der Waals surface area contributed by atoms with Crippen LogP contribution in [0.3, 0.4) is 0 Å². The van der Waals surface area contributed by atoms with Crippen molar-refractivity contribution in [2.75, 3.05) is 27.2 Å². The molecule has 0 atom stereocenters. The van der Waals surface area contributed by atoms with E-state index in [2.05, 4.69) is 108 Å². The fraction of sp³-hybridized carbons (Fsp3) is 0.172. The largest absolute Gasteiger partial charge is 0.353 e. The topological polar surface area (TPSA) is 60.1 Å². The molecule has 0 saturated carbocycles. The molecule has 5 aromatic rings. The highest BCUT2D eigenvalue weighted by molar-refractivity contribution is 7.15. The lowest BCUT2D eigenvalue weighted by Gasteiger charge is -2.10. The summed E-state index contributed by atoms with van der Waals surface area (Å²) in [6.07, 6.45) is 6.43. The summed E-state index contributed by atoms with van der Waals surface area (Å²) >= 11 is 1.83. The third-order valence-electron chi connectivity index (χ3n) is 6.33. The highest BCUT2D eigenvalue weighted by Crippen LogP contribution is 2.37. The number of likely N-dealkylation sites (N-methyl/N-ethyl adjacent to an activating group) is 1. The van der Waals surface area contributed by atoms with E-state index in [0.29, 0.717) is 6.54 Å². The van der Waals surface area contributed by atoms with Crippen LogP contribution in [0.5, 0.6) is 0 Å². The molecule has 174 valence electrons. The minimum absolute atomic E-state index is 0.687. The standard InChI is InChI=1S/C29H27N5S/c1-18-7-10-28(35-18)22-5-4-6-25-23(22)15-27(31-25)29-24-14-20(8-9-26(24)32-33-29)21-11-12-30-16-19(13-21)17-34(2)3/h4-11,13-16,31H,12,17H2,1-3H3,(H,32,33). The minimum atomic E-state index is 0.687. The summed E-state index contributed by atoms with van der Waals surface area (Å²) in [6.45, 7) is 3.70. The van der Waals surface area contributed by atoms with Gasteiger partial charge in [0.25, 0.3) is 0 Å². The molecule has 0 amide bonds. The van der Waals surface area contributed by atoms with Gasteiger partial charge in [-0.05, 0) is 80.2 Å². The second-order valence-electron chi connectivity index (χ2n) is 9.30. The second-order valence-corrected chi connectivity index (χ2v) is 10.6. The summed E-state index contributed by atoms with van der Waals surface area (Å²) in [5.41, 5.74) is 8.94. The number of fused-ring (bicyclic) bond motifs is 2. The van der Waals surface area contributed by atoms with E-state index in [1.54, 1.807) is 0 Å². The summed E-state index contributed by atoms with van der Waals surface area (Å²) in [7, 11) is 4.16. The van der Waals surface area contributed by atoms with Crippen LogP contribution in [-0.2, 0) is 0 Å². The number of H-pyrrole nitrogens is 2. The molecule has 3 aromatic heterocycles. The Balaban J connectivity index is 1.43. The van der Waals surface area contributed by atoms with Gasteiger partial charge >= 0.3 is 0 Å². The molecule has 1 aliphatic heterocycles. The fourth-order valence-corrected chi connectivity index (χ4v) is 5.65. The molecular weight excluding hydrogens is 450 g/mol. The van der Waals surface area contributed by atoms with Crippen LogP contribution in [0.2, 0.25) is 0 Å². The van der Waals surface area contributed by atoms with Crippen molar-refractivity contribution in [3.8, 4) is 21.8 Å². The lowest BCUT2D eigenvalue weighted by molar-refractivity contribution is 0.451. The van der Waals surface area contributed by atoms with Crippen LogP contribution in [0.25, 0.3) is 49.2 Å². The Bertz CT molecular complexity index is 1640. The third kappa shape index (κ3) is 4.16. The van der Waals surface area contributed by atoms with E-state index < -0.39 is 0 Å². The molecular formula is C29H27N5S. The monoisotopic (exact) mass is 477 g/mol. The molecule has 6 heteroatoms. The number of nitrogens with one attached hydrogen (secondary N) is 2. The number of rotatable bonds is 5. The van der Waals surface area contributed by atoms with Crippen molar-refractivity contribution in [3.63, 3.8) is 0 Å². The van der Waals surface area contributed by atoms with Crippen LogP contribution in [-0.4, -0.2) is 53.5 Å². The number of aromatic amines is 2. The van der Waals surface area contributed by atoms with E-state index in [9.17, 15) is 0 Å². The first-order chi connectivity index (χ1) is 17.0. The van der Waals surface area contributed by atoms with E-state index in [1.807, 2.05) is 17.6 Å². The Morgan fingerprint density at radius 3 is 2.74 bits per heavy atom. The number of nitrogens with zero attached hydrogens (tertiary/aromatic N) is 3. The van der Waals surface area contributed by atoms with Crippen LogP contribution in [0, 0.1) is 6.92 Å². The van der Waals surface area contributed by atoms with Gasteiger partial charge in [-0.25, -0.2) is 0 Å². The highest BCUT2D eigenvalue weighted by Gasteiger charge is 2.15. The first kappa shape index (κ1) is 21.8. The van der Waals surface area contributed by atoms with Gasteiger partial charge in [-0.1, -0.05) is 24.3 Å². The number of thiophene rings is 1. The molecule has 6 rings (SSSR count). The van der Waals surface area contributed by atoms with Crippen molar-refractivity contribution in [2.24, 2.45) is 4.99 Å². The summed E-state index contributed by atoms with van der Waals surface area (Å²) in [4.78, 5) is 12.9. The van der Waals surface area contributed by atoms with E-state index in [4.69, 9.17) is 5.10 Å². The molecule has 4 heterocycles. The molecule has 5 nitrogen and oxygen atoms in total. The Kier molecular flexibility index (Phi) is 5.47. The predicted octanol–water partition coefficient (Wildman–Crippen LogP) is 6.70. The second kappa shape index (κ2) is 8.80. The maximum Gasteiger partial charge on any atom is 0.116 e. The van der Waals surface area contributed by atoms with Gasteiger partial charge in [-0.15, -0.1) is 11.3 Å². The Labute approximate surface area is 208 Å². The SMILES string of the molecule is Cc1ccc(-c2cccc3[nH]c(-c4n[nH]c5ccc(C6=CCN=CC(CN(C)C)=C6)cc45)cc23)s1. The van der Waals surface area contributed by atoms with Crippen molar-refractivity contribution in [1.29, 1.82) is 0 Å². The number of hydrogen-bond donors (Lipinski definition) is 2. The normalized spacial score (nSPS) is 14.1. The molecule has 0 unspecified atom stereocenters. The van der Waals surface area contributed by atoms with Crippen LogP contribution in [0.15, 0.2) is 77.3 Å². The summed E-state index contributed by atoms with van der Waals surface area (Å²) < 4.78 is 0. The molecule has 2 N–H and O–H groups in total. The van der Waals surface area contributed by atoms with Gasteiger partial charge in [-0.3, -0.25) is 10.1 Å². The van der Waals surface area contributed by atoms with Gasteiger partial charge in [0.2, 0.25) is 0 Å². The zero-order chi connectivity index (χ0) is 23.9. The van der Waals surface area contributed by atoms with Crippen molar-refractivity contribution in [3.05, 3.63) is 82.8 Å². The zero-order valence-electron chi connectivity index (χ0n) is 20.1. The van der Waals surface area contributed by atoms with Gasteiger partial charge < -0.3 is 9.88 Å². The van der Waals surface area contributed by atoms with Gasteiger partial charge in [0.15, 0.2) is 0 Å². The number of allylic oxidation sites excluding steroid dienone is 2. The first-order valence-corrected chi connectivity index (χ1v) is 12.6. The number of aliphatic imine (C=N–C) groups is 1. The molecule has 1 aliphatic rings. The molecule has 35 heavy (non-hydrogen) atoms. The minimum Gasteiger partial charge on any atom is -0.353 e. The average Bonchev–Trinajstić information content (AvgIpc) is 3.53. The van der Waals surface area contributed by atoms with E-state index in [1.165, 1.54) is 37.4 Å². The molecule has 0 saturated heterocycles. The summed E-state index contributed by atoms with van der Waals surface area (Å²) in [5, 5.41) is 10.3. The Hall–Kier alpha value is -3.74. The van der Waals surface area contributed by atoms with Gasteiger partial charge in [-0.2, -0.15) is 5.10 Å². The van der Waals surface area contributed by atoms with Crippen LogP contribution >= 0.6 is 11.3 Å². The molecule has 0 spiro atoms. The molecule has 2 aromatic carbocycles. The fourth-order valence-electron chi connectivity index (χ4n) is 4.75. The Morgan fingerprint density at radius 2 is 1.91 bits per heavy atom. The summed E-state index contributed by atoms with van der Waals surface area (Å²) in [5.74, 6) is 0. The van der Waals surface area contributed by atoms with Crippen molar-refractivity contribution in [1.82, 2.24) is 20.1 Å². The number of benzene rings is 2.